The van der Waals surface area contributed by atoms with Gasteiger partial charge in [0.2, 0.25) is 0 Å². The predicted octanol–water partition coefficient (Wildman–Crippen LogP) is 1.78. The maximum absolute atomic E-state index is 11.3. The predicted molar refractivity (Wildman–Crippen MR) is 65.7 cm³/mol. The zero-order chi connectivity index (χ0) is 12.8. The first-order valence-corrected chi connectivity index (χ1v) is 5.61. The van der Waals surface area contributed by atoms with E-state index in [1.165, 1.54) is 7.11 Å². The fourth-order valence-electron chi connectivity index (χ4n) is 1.54. The van der Waals surface area contributed by atoms with Crippen LogP contribution in [0, 0.1) is 0 Å². The second-order valence-electron chi connectivity index (χ2n) is 4.24. The van der Waals surface area contributed by atoms with Crippen molar-refractivity contribution in [2.75, 3.05) is 13.7 Å². The highest BCUT2D eigenvalue weighted by atomic mass is 16.5. The highest BCUT2D eigenvalue weighted by molar-refractivity contribution is 5.71. The van der Waals surface area contributed by atoms with E-state index >= 15 is 0 Å². The van der Waals surface area contributed by atoms with Gasteiger partial charge in [0.05, 0.1) is 13.7 Å². The van der Waals surface area contributed by atoms with Crippen LogP contribution in [0.25, 0.3) is 0 Å². The van der Waals surface area contributed by atoms with Crippen LogP contribution in [-0.4, -0.2) is 35.7 Å². The fourth-order valence-corrected chi connectivity index (χ4v) is 1.54. The molecule has 17 heavy (non-hydrogen) atoms. The monoisotopic (exact) mass is 237 g/mol. The number of carbonyl (C=O) groups is 1. The summed E-state index contributed by atoms with van der Waals surface area (Å²) in [4.78, 5) is 13.3. The second-order valence-corrected chi connectivity index (χ2v) is 4.24. The summed E-state index contributed by atoms with van der Waals surface area (Å²) in [5.74, 6) is -0.0110. The van der Waals surface area contributed by atoms with E-state index in [0.717, 1.165) is 5.56 Å². The minimum absolute atomic E-state index is 0.233. The van der Waals surface area contributed by atoms with Crippen molar-refractivity contribution in [2.45, 2.75) is 26.4 Å². The molecule has 1 N–H and O–H groups in total. The molecule has 1 aromatic carbocycles. The molecule has 0 aliphatic heterocycles. The lowest BCUT2D eigenvalue weighted by Crippen LogP contribution is -2.35. The van der Waals surface area contributed by atoms with Crippen molar-refractivity contribution < 1.29 is 14.6 Å². The number of benzene rings is 1. The van der Waals surface area contributed by atoms with Crippen LogP contribution >= 0.6 is 0 Å². The number of carbonyl (C=O) groups excluding carboxylic acids is 1. The van der Waals surface area contributed by atoms with Crippen LogP contribution in [0.15, 0.2) is 24.3 Å². The molecular weight excluding hydrogens is 218 g/mol. The van der Waals surface area contributed by atoms with Crippen molar-refractivity contribution >= 4 is 5.97 Å². The Kier molecular flexibility index (Phi) is 4.97. The smallest absolute Gasteiger partial charge is 0.319 e. The van der Waals surface area contributed by atoms with Gasteiger partial charge in [-0.2, -0.15) is 0 Å². The number of esters is 1. The molecule has 1 aromatic rings. The van der Waals surface area contributed by atoms with Gasteiger partial charge >= 0.3 is 5.97 Å². The van der Waals surface area contributed by atoms with Crippen molar-refractivity contribution in [1.29, 1.82) is 0 Å². The molecule has 0 saturated heterocycles. The quantitative estimate of drug-likeness (QED) is 0.793. The summed E-state index contributed by atoms with van der Waals surface area (Å²) in [5, 5.41) is 9.38. The first kappa shape index (κ1) is 13.5. The third-order valence-electron chi connectivity index (χ3n) is 2.59. The molecule has 0 aliphatic carbocycles. The van der Waals surface area contributed by atoms with Gasteiger partial charge in [-0.3, -0.25) is 9.69 Å². The molecule has 0 fully saturated rings. The molecule has 4 nitrogen and oxygen atoms in total. The Morgan fingerprint density at radius 3 is 2.71 bits per heavy atom. The number of aromatic hydroxyl groups is 1. The van der Waals surface area contributed by atoms with E-state index in [-0.39, 0.29) is 24.3 Å². The van der Waals surface area contributed by atoms with Gasteiger partial charge in [-0.25, -0.2) is 0 Å². The number of hydrogen-bond acceptors (Lipinski definition) is 4. The van der Waals surface area contributed by atoms with Gasteiger partial charge in [0, 0.05) is 12.6 Å². The normalized spacial score (nSPS) is 10.9. The Balaban J connectivity index is 2.70. The van der Waals surface area contributed by atoms with Crippen LogP contribution in [0.4, 0.5) is 0 Å². The molecule has 1 rings (SSSR count). The van der Waals surface area contributed by atoms with Crippen molar-refractivity contribution in [2.24, 2.45) is 0 Å². The highest BCUT2D eigenvalue weighted by Gasteiger charge is 2.14. The van der Waals surface area contributed by atoms with Gasteiger partial charge in [0.25, 0.3) is 0 Å². The van der Waals surface area contributed by atoms with Crippen LogP contribution in [0.2, 0.25) is 0 Å². The van der Waals surface area contributed by atoms with E-state index in [4.69, 9.17) is 0 Å². The third-order valence-corrected chi connectivity index (χ3v) is 2.59. The SMILES string of the molecule is COC(=O)CN(Cc1cccc(O)c1)C(C)C. The van der Waals surface area contributed by atoms with Crippen molar-refractivity contribution in [3.05, 3.63) is 29.8 Å². The maximum Gasteiger partial charge on any atom is 0.319 e. The molecule has 0 unspecified atom stereocenters. The van der Waals surface area contributed by atoms with Gasteiger partial charge < -0.3 is 9.84 Å². The van der Waals surface area contributed by atoms with Crippen LogP contribution in [0.3, 0.4) is 0 Å². The Labute approximate surface area is 102 Å². The number of hydrogen-bond donors (Lipinski definition) is 1. The Hall–Kier alpha value is -1.55. The number of nitrogens with zero attached hydrogens (tertiary/aromatic N) is 1. The molecule has 94 valence electrons. The summed E-state index contributed by atoms with van der Waals surface area (Å²) in [6.45, 7) is 4.91. The van der Waals surface area contributed by atoms with E-state index in [2.05, 4.69) is 4.74 Å². The second kappa shape index (κ2) is 6.25. The molecule has 4 heteroatoms. The first-order chi connectivity index (χ1) is 8.02. The lowest BCUT2D eigenvalue weighted by Gasteiger charge is -2.25. The molecule has 0 radical (unpaired) electrons. The van der Waals surface area contributed by atoms with E-state index in [1.54, 1.807) is 18.2 Å². The van der Waals surface area contributed by atoms with Crippen molar-refractivity contribution in [3.63, 3.8) is 0 Å². The van der Waals surface area contributed by atoms with Gasteiger partial charge in [-0.05, 0) is 31.5 Å². The molecule has 0 aromatic heterocycles. The van der Waals surface area contributed by atoms with E-state index < -0.39 is 0 Å². The molecular formula is C13H19NO3. The average Bonchev–Trinajstić information content (AvgIpc) is 2.27. The summed E-state index contributed by atoms with van der Waals surface area (Å²) < 4.78 is 4.66. The standard InChI is InChI=1S/C13H19NO3/c1-10(2)14(9-13(16)17-3)8-11-5-4-6-12(15)7-11/h4-7,10,15H,8-9H2,1-3H3. The molecule has 0 saturated carbocycles. The largest absolute Gasteiger partial charge is 0.508 e. The lowest BCUT2D eigenvalue weighted by molar-refractivity contribution is -0.142. The Morgan fingerprint density at radius 1 is 1.47 bits per heavy atom. The number of ether oxygens (including phenoxy) is 1. The topological polar surface area (TPSA) is 49.8 Å². The summed E-state index contributed by atoms with van der Waals surface area (Å²) >= 11 is 0. The maximum atomic E-state index is 11.3. The van der Waals surface area contributed by atoms with Crippen LogP contribution in [0.5, 0.6) is 5.75 Å². The summed E-state index contributed by atoms with van der Waals surface area (Å²) in [6.07, 6.45) is 0. The number of phenolic OH excluding ortho intramolecular Hbond substituents is 1. The number of rotatable bonds is 5. The average molecular weight is 237 g/mol. The molecule has 0 spiro atoms. The number of phenols is 1. The minimum Gasteiger partial charge on any atom is -0.508 e. The third kappa shape index (κ3) is 4.44. The first-order valence-electron chi connectivity index (χ1n) is 5.61. The van der Waals surface area contributed by atoms with E-state index in [1.807, 2.05) is 24.8 Å². The van der Waals surface area contributed by atoms with Crippen LogP contribution in [0.1, 0.15) is 19.4 Å². The lowest BCUT2D eigenvalue weighted by atomic mass is 10.2. The van der Waals surface area contributed by atoms with Gasteiger partial charge in [0.15, 0.2) is 0 Å². The van der Waals surface area contributed by atoms with Crippen molar-refractivity contribution in [1.82, 2.24) is 4.90 Å². The minimum atomic E-state index is -0.251. The van der Waals surface area contributed by atoms with Gasteiger partial charge in [0.1, 0.15) is 5.75 Å². The molecule has 0 amide bonds. The van der Waals surface area contributed by atoms with Crippen molar-refractivity contribution in [3.8, 4) is 5.75 Å². The highest BCUT2D eigenvalue weighted by Crippen LogP contribution is 2.14. The number of methoxy groups -OCH3 is 1. The summed E-state index contributed by atoms with van der Waals surface area (Å²) in [6, 6.07) is 7.28. The Morgan fingerprint density at radius 2 is 2.18 bits per heavy atom. The molecule has 0 bridgehead atoms. The van der Waals surface area contributed by atoms with E-state index in [9.17, 15) is 9.90 Å². The van der Waals surface area contributed by atoms with E-state index in [0.29, 0.717) is 6.54 Å². The zero-order valence-corrected chi connectivity index (χ0v) is 10.5. The summed E-state index contributed by atoms with van der Waals surface area (Å²) in [7, 11) is 1.38. The van der Waals surface area contributed by atoms with Gasteiger partial charge in [-0.15, -0.1) is 0 Å². The van der Waals surface area contributed by atoms with Crippen LogP contribution in [-0.2, 0) is 16.1 Å². The zero-order valence-electron chi connectivity index (χ0n) is 10.5. The fraction of sp³-hybridized carbons (Fsp3) is 0.462. The van der Waals surface area contributed by atoms with Crippen LogP contribution < -0.4 is 0 Å². The molecule has 0 atom stereocenters. The summed E-state index contributed by atoms with van der Waals surface area (Å²) in [5.41, 5.74) is 0.975. The Bertz CT molecular complexity index is 377. The molecule has 0 aliphatic rings. The van der Waals surface area contributed by atoms with Gasteiger partial charge in [-0.1, -0.05) is 12.1 Å². The molecule has 0 heterocycles.